The Hall–Kier alpha value is -2.34. The van der Waals surface area contributed by atoms with E-state index < -0.39 is 0 Å². The zero-order valence-electron chi connectivity index (χ0n) is 11.0. The van der Waals surface area contributed by atoms with Gasteiger partial charge in [0.2, 0.25) is 5.91 Å². The lowest BCUT2D eigenvalue weighted by Gasteiger charge is -2.05. The number of nitrogens with one attached hydrogen (secondary N) is 1. The molecule has 6 heteroatoms. The Morgan fingerprint density at radius 2 is 2.05 bits per heavy atom. The number of aromatic nitrogens is 2. The summed E-state index contributed by atoms with van der Waals surface area (Å²) < 4.78 is 14.5. The highest BCUT2D eigenvalue weighted by Crippen LogP contribution is 2.18. The van der Waals surface area contributed by atoms with E-state index >= 15 is 0 Å². The first-order valence-corrected chi connectivity index (χ1v) is 7.31. The van der Waals surface area contributed by atoms with Crippen molar-refractivity contribution >= 4 is 28.9 Å². The van der Waals surface area contributed by atoms with Crippen LogP contribution >= 0.6 is 11.8 Å². The molecule has 21 heavy (non-hydrogen) atoms. The van der Waals surface area contributed by atoms with Gasteiger partial charge in [0.25, 0.3) is 0 Å². The first-order valence-electron chi connectivity index (χ1n) is 6.32. The molecular weight excluding hydrogens is 289 g/mol. The van der Waals surface area contributed by atoms with Crippen molar-refractivity contribution in [3.8, 4) is 0 Å². The van der Waals surface area contributed by atoms with Crippen LogP contribution in [-0.2, 0) is 4.79 Å². The summed E-state index contributed by atoms with van der Waals surface area (Å²) in [7, 11) is 0. The molecule has 0 bridgehead atoms. The number of hydrogen-bond acceptors (Lipinski definition) is 3. The Labute approximate surface area is 125 Å². The summed E-state index contributed by atoms with van der Waals surface area (Å²) in [5.41, 5.74) is 1.65. The van der Waals surface area contributed by atoms with Crippen molar-refractivity contribution in [3.63, 3.8) is 0 Å². The average molecular weight is 301 g/mol. The summed E-state index contributed by atoms with van der Waals surface area (Å²) in [5.74, 6) is -0.109. The Kier molecular flexibility index (Phi) is 3.87. The van der Waals surface area contributed by atoms with E-state index in [0.717, 1.165) is 16.1 Å². The minimum atomic E-state index is -0.280. The van der Waals surface area contributed by atoms with Gasteiger partial charge in [-0.15, -0.1) is 11.8 Å². The molecule has 0 aliphatic rings. The number of rotatable bonds is 4. The van der Waals surface area contributed by atoms with Crippen molar-refractivity contribution in [1.29, 1.82) is 0 Å². The van der Waals surface area contributed by atoms with Crippen LogP contribution in [0.25, 0.3) is 5.52 Å². The van der Waals surface area contributed by atoms with Gasteiger partial charge in [-0.3, -0.25) is 4.79 Å². The highest BCUT2D eigenvalue weighted by Gasteiger charge is 2.05. The monoisotopic (exact) mass is 301 g/mol. The first kappa shape index (κ1) is 13.6. The number of amides is 1. The number of benzene rings is 1. The molecule has 4 nitrogen and oxygen atoms in total. The average Bonchev–Trinajstić information content (AvgIpc) is 2.94. The van der Waals surface area contributed by atoms with Crippen LogP contribution in [0, 0.1) is 5.82 Å². The van der Waals surface area contributed by atoms with E-state index in [-0.39, 0.29) is 17.5 Å². The van der Waals surface area contributed by atoms with Gasteiger partial charge in [-0.1, -0.05) is 0 Å². The number of carbonyl (C=O) groups is 1. The molecule has 2 heterocycles. The van der Waals surface area contributed by atoms with Crippen molar-refractivity contribution in [2.75, 3.05) is 11.1 Å². The molecular formula is C15H12FN3OS. The number of hydrogen-bond donors (Lipinski definition) is 1. The Bertz CT molecular complexity index is 770. The summed E-state index contributed by atoms with van der Waals surface area (Å²) in [6.07, 6.45) is 3.49. The van der Waals surface area contributed by atoms with Gasteiger partial charge in [-0.05, 0) is 42.5 Å². The standard InChI is InChI=1S/C15H12FN3OS/c16-11-1-3-14(4-2-11)21-10-15(20)18-12-6-8-19-13(9-12)5-7-17-19/h1-9H,10H2,(H,18,20). The normalized spacial score (nSPS) is 10.7. The summed E-state index contributed by atoms with van der Waals surface area (Å²) in [4.78, 5) is 12.8. The molecule has 1 N–H and O–H groups in total. The fourth-order valence-corrected chi connectivity index (χ4v) is 2.57. The van der Waals surface area contributed by atoms with Gasteiger partial charge in [0.15, 0.2) is 0 Å². The zero-order valence-corrected chi connectivity index (χ0v) is 11.8. The quantitative estimate of drug-likeness (QED) is 0.753. The largest absolute Gasteiger partial charge is 0.325 e. The van der Waals surface area contributed by atoms with Crippen molar-refractivity contribution < 1.29 is 9.18 Å². The Balaban J connectivity index is 1.59. The third-order valence-electron chi connectivity index (χ3n) is 2.87. The van der Waals surface area contributed by atoms with E-state index in [1.807, 2.05) is 12.1 Å². The number of anilines is 1. The van der Waals surface area contributed by atoms with Gasteiger partial charge in [0.1, 0.15) is 5.82 Å². The molecule has 3 aromatic rings. The molecule has 0 atom stereocenters. The molecule has 0 radical (unpaired) electrons. The molecule has 0 unspecified atom stereocenters. The predicted octanol–water partition coefficient (Wildman–Crippen LogP) is 3.20. The van der Waals surface area contributed by atoms with E-state index in [0.29, 0.717) is 0 Å². The highest BCUT2D eigenvalue weighted by atomic mass is 32.2. The van der Waals surface area contributed by atoms with Gasteiger partial charge in [0, 0.05) is 23.0 Å². The van der Waals surface area contributed by atoms with Gasteiger partial charge in [-0.25, -0.2) is 8.91 Å². The second-order valence-electron chi connectivity index (χ2n) is 4.41. The van der Waals surface area contributed by atoms with Gasteiger partial charge in [0.05, 0.1) is 11.3 Å². The highest BCUT2D eigenvalue weighted by molar-refractivity contribution is 8.00. The number of nitrogens with zero attached hydrogens (tertiary/aromatic N) is 2. The summed E-state index contributed by atoms with van der Waals surface area (Å²) in [6.45, 7) is 0. The molecule has 1 amide bonds. The Morgan fingerprint density at radius 1 is 1.24 bits per heavy atom. The van der Waals surface area contributed by atoms with E-state index in [4.69, 9.17) is 0 Å². The van der Waals surface area contributed by atoms with Gasteiger partial charge in [-0.2, -0.15) is 5.10 Å². The second-order valence-corrected chi connectivity index (χ2v) is 5.46. The summed E-state index contributed by atoms with van der Waals surface area (Å²) in [6, 6.07) is 11.6. The third-order valence-corrected chi connectivity index (χ3v) is 3.88. The number of fused-ring (bicyclic) bond motifs is 1. The summed E-state index contributed by atoms with van der Waals surface area (Å²) in [5, 5.41) is 6.92. The smallest absolute Gasteiger partial charge is 0.234 e. The lowest BCUT2D eigenvalue weighted by molar-refractivity contribution is -0.113. The van der Waals surface area contributed by atoms with Crippen LogP contribution in [0.2, 0.25) is 0 Å². The molecule has 0 aliphatic heterocycles. The summed E-state index contributed by atoms with van der Waals surface area (Å²) >= 11 is 1.37. The lowest BCUT2D eigenvalue weighted by Crippen LogP contribution is -2.14. The van der Waals surface area contributed by atoms with E-state index in [1.165, 1.54) is 23.9 Å². The molecule has 0 fully saturated rings. The fraction of sp³-hybridized carbons (Fsp3) is 0.0667. The van der Waals surface area contributed by atoms with Gasteiger partial charge < -0.3 is 5.32 Å². The van der Waals surface area contributed by atoms with Crippen LogP contribution in [0.5, 0.6) is 0 Å². The van der Waals surface area contributed by atoms with Crippen molar-refractivity contribution in [3.05, 3.63) is 60.7 Å². The maximum absolute atomic E-state index is 12.8. The SMILES string of the molecule is O=C(CSc1ccc(F)cc1)Nc1ccn2nccc2c1. The van der Waals surface area contributed by atoms with Crippen molar-refractivity contribution in [1.82, 2.24) is 9.61 Å². The Morgan fingerprint density at radius 3 is 2.86 bits per heavy atom. The van der Waals surface area contributed by atoms with Crippen LogP contribution in [0.15, 0.2) is 59.8 Å². The predicted molar refractivity (Wildman–Crippen MR) is 80.9 cm³/mol. The number of carbonyl (C=O) groups excluding carboxylic acids is 1. The zero-order chi connectivity index (χ0) is 14.7. The maximum atomic E-state index is 12.8. The number of thioether (sulfide) groups is 1. The third kappa shape index (κ3) is 3.41. The van der Waals surface area contributed by atoms with E-state index in [1.54, 1.807) is 35.1 Å². The molecule has 0 saturated heterocycles. The molecule has 0 saturated carbocycles. The number of pyridine rings is 1. The number of halogens is 1. The molecule has 106 valence electrons. The molecule has 2 aromatic heterocycles. The lowest BCUT2D eigenvalue weighted by atomic mass is 10.3. The van der Waals surface area contributed by atoms with Crippen LogP contribution in [0.1, 0.15) is 0 Å². The fourth-order valence-electron chi connectivity index (χ4n) is 1.88. The molecule has 1 aromatic carbocycles. The van der Waals surface area contributed by atoms with Crippen LogP contribution in [-0.4, -0.2) is 21.3 Å². The molecule has 0 spiro atoms. The van der Waals surface area contributed by atoms with Crippen LogP contribution in [0.4, 0.5) is 10.1 Å². The first-order chi connectivity index (χ1) is 10.2. The van der Waals surface area contributed by atoms with E-state index in [2.05, 4.69) is 10.4 Å². The second kappa shape index (κ2) is 5.97. The topological polar surface area (TPSA) is 46.4 Å². The molecule has 3 rings (SSSR count). The van der Waals surface area contributed by atoms with E-state index in [9.17, 15) is 9.18 Å². The van der Waals surface area contributed by atoms with Gasteiger partial charge >= 0.3 is 0 Å². The maximum Gasteiger partial charge on any atom is 0.234 e. The minimum absolute atomic E-state index is 0.104. The van der Waals surface area contributed by atoms with Crippen molar-refractivity contribution in [2.24, 2.45) is 0 Å². The van der Waals surface area contributed by atoms with Crippen molar-refractivity contribution in [2.45, 2.75) is 4.90 Å². The van der Waals surface area contributed by atoms with Crippen LogP contribution in [0.3, 0.4) is 0 Å². The van der Waals surface area contributed by atoms with Crippen LogP contribution < -0.4 is 5.32 Å². The molecule has 0 aliphatic carbocycles. The minimum Gasteiger partial charge on any atom is -0.325 e.